The molecule has 0 amide bonds. The lowest BCUT2D eigenvalue weighted by Gasteiger charge is -2.27. The number of hydrogen-bond donors (Lipinski definition) is 0. The van der Waals surface area contributed by atoms with Crippen LogP contribution in [0.15, 0.2) is 36.4 Å². The molecule has 0 fully saturated rings. The maximum Gasteiger partial charge on any atom is 0.170 e. The van der Waals surface area contributed by atoms with Crippen molar-refractivity contribution >= 4 is 5.78 Å². The summed E-state index contributed by atoms with van der Waals surface area (Å²) in [6, 6.07) is 10.9. The van der Waals surface area contributed by atoms with Gasteiger partial charge in [0, 0.05) is 6.07 Å². The molecule has 2 aromatic rings. The number of carbonyl (C=O) groups excluding carboxylic acids is 1. The van der Waals surface area contributed by atoms with Gasteiger partial charge in [0.2, 0.25) is 0 Å². The molecule has 5 nitrogen and oxygen atoms in total. The van der Waals surface area contributed by atoms with Gasteiger partial charge in [-0.05, 0) is 29.8 Å². The van der Waals surface area contributed by atoms with Crippen LogP contribution in [-0.4, -0.2) is 26.1 Å². The van der Waals surface area contributed by atoms with Crippen LogP contribution in [0.3, 0.4) is 0 Å². The lowest BCUT2D eigenvalue weighted by Crippen LogP contribution is -2.21. The molecule has 1 atom stereocenters. The van der Waals surface area contributed by atoms with Gasteiger partial charge in [0.05, 0.1) is 19.1 Å². The molecule has 0 aliphatic carbocycles. The summed E-state index contributed by atoms with van der Waals surface area (Å²) in [5.74, 6) is 2.71. The van der Waals surface area contributed by atoms with Gasteiger partial charge in [-0.1, -0.05) is 6.07 Å². The van der Waals surface area contributed by atoms with Crippen molar-refractivity contribution in [2.75, 3.05) is 20.3 Å². The summed E-state index contributed by atoms with van der Waals surface area (Å²) in [5, 5.41) is 0. The second-order valence-corrected chi connectivity index (χ2v) is 5.50. The minimum absolute atomic E-state index is 0.0637. The average molecular weight is 312 g/mol. The van der Waals surface area contributed by atoms with E-state index in [-0.39, 0.29) is 11.9 Å². The van der Waals surface area contributed by atoms with Gasteiger partial charge in [-0.25, -0.2) is 0 Å². The van der Waals surface area contributed by atoms with E-state index in [1.165, 1.54) is 0 Å². The number of rotatable bonds is 2. The molecular weight excluding hydrogens is 296 g/mol. The number of methoxy groups -OCH3 is 1. The van der Waals surface area contributed by atoms with Crippen molar-refractivity contribution in [3.63, 3.8) is 0 Å². The Bertz CT molecular complexity index is 768. The Morgan fingerprint density at radius 1 is 1.00 bits per heavy atom. The molecule has 2 aliphatic rings. The van der Waals surface area contributed by atoms with Crippen molar-refractivity contribution in [2.45, 2.75) is 12.5 Å². The smallest absolute Gasteiger partial charge is 0.170 e. The SMILES string of the molecule is COc1ccc2c(c1)O[C@@H](c1ccc3c(c1)OCCO3)CC2=O. The van der Waals surface area contributed by atoms with Crippen LogP contribution < -0.4 is 18.9 Å². The Morgan fingerprint density at radius 3 is 2.65 bits per heavy atom. The first-order valence-corrected chi connectivity index (χ1v) is 7.52. The van der Waals surface area contributed by atoms with E-state index in [9.17, 15) is 4.79 Å². The molecular formula is C18H16O5. The number of benzene rings is 2. The largest absolute Gasteiger partial charge is 0.497 e. The highest BCUT2D eigenvalue weighted by molar-refractivity contribution is 6.00. The summed E-state index contributed by atoms with van der Waals surface area (Å²) in [5.41, 5.74) is 1.50. The zero-order valence-electron chi connectivity index (χ0n) is 12.7. The molecule has 4 rings (SSSR count). The summed E-state index contributed by atoms with van der Waals surface area (Å²) in [7, 11) is 1.59. The molecule has 0 bridgehead atoms. The molecule has 0 aromatic heterocycles. The van der Waals surface area contributed by atoms with E-state index >= 15 is 0 Å². The van der Waals surface area contributed by atoms with E-state index in [4.69, 9.17) is 18.9 Å². The van der Waals surface area contributed by atoms with Gasteiger partial charge in [-0.3, -0.25) is 4.79 Å². The monoisotopic (exact) mass is 312 g/mol. The van der Waals surface area contributed by atoms with Gasteiger partial charge < -0.3 is 18.9 Å². The number of carbonyl (C=O) groups is 1. The number of fused-ring (bicyclic) bond motifs is 2. The maximum absolute atomic E-state index is 12.4. The van der Waals surface area contributed by atoms with Crippen molar-refractivity contribution in [2.24, 2.45) is 0 Å². The van der Waals surface area contributed by atoms with Crippen LogP contribution in [-0.2, 0) is 0 Å². The highest BCUT2D eigenvalue weighted by Gasteiger charge is 2.29. The fourth-order valence-corrected chi connectivity index (χ4v) is 2.88. The Kier molecular flexibility index (Phi) is 3.33. The number of hydrogen-bond acceptors (Lipinski definition) is 5. The van der Waals surface area contributed by atoms with Crippen molar-refractivity contribution in [3.8, 4) is 23.0 Å². The first kappa shape index (κ1) is 13.9. The fourth-order valence-electron chi connectivity index (χ4n) is 2.88. The predicted octanol–water partition coefficient (Wildman–Crippen LogP) is 3.17. The van der Waals surface area contributed by atoms with Crippen LogP contribution in [0.1, 0.15) is 28.4 Å². The average Bonchev–Trinajstić information content (AvgIpc) is 2.60. The third kappa shape index (κ3) is 2.48. The first-order valence-electron chi connectivity index (χ1n) is 7.52. The van der Waals surface area contributed by atoms with Crippen molar-refractivity contribution in [1.29, 1.82) is 0 Å². The van der Waals surface area contributed by atoms with Crippen molar-refractivity contribution in [3.05, 3.63) is 47.5 Å². The quantitative estimate of drug-likeness (QED) is 0.852. The van der Waals surface area contributed by atoms with Crippen LogP contribution >= 0.6 is 0 Å². The number of ketones is 1. The van der Waals surface area contributed by atoms with Gasteiger partial charge in [0.15, 0.2) is 17.3 Å². The summed E-state index contributed by atoms with van der Waals surface area (Å²) in [6.45, 7) is 1.08. The number of ether oxygens (including phenoxy) is 4. The Hall–Kier alpha value is -2.69. The van der Waals surface area contributed by atoms with Crippen LogP contribution in [0.2, 0.25) is 0 Å². The Morgan fingerprint density at radius 2 is 1.83 bits per heavy atom. The minimum atomic E-state index is -0.335. The van der Waals surface area contributed by atoms with E-state index in [2.05, 4.69) is 0 Å². The fraction of sp³-hybridized carbons (Fsp3) is 0.278. The molecule has 0 spiro atoms. The van der Waals surface area contributed by atoms with Gasteiger partial charge in [0.1, 0.15) is 30.8 Å². The highest BCUT2D eigenvalue weighted by Crippen LogP contribution is 2.39. The molecule has 0 unspecified atom stereocenters. The van der Waals surface area contributed by atoms with E-state index in [1.807, 2.05) is 18.2 Å². The van der Waals surface area contributed by atoms with Crippen molar-refractivity contribution < 1.29 is 23.7 Å². The zero-order chi connectivity index (χ0) is 15.8. The van der Waals surface area contributed by atoms with E-state index in [1.54, 1.807) is 25.3 Å². The minimum Gasteiger partial charge on any atom is -0.497 e. The molecule has 118 valence electrons. The van der Waals surface area contributed by atoms with Crippen LogP contribution in [0.4, 0.5) is 0 Å². The zero-order valence-corrected chi connectivity index (χ0v) is 12.7. The topological polar surface area (TPSA) is 54.0 Å². The van der Waals surface area contributed by atoms with Gasteiger partial charge in [0.25, 0.3) is 0 Å². The third-order valence-corrected chi connectivity index (χ3v) is 4.07. The lowest BCUT2D eigenvalue weighted by atomic mass is 9.96. The predicted molar refractivity (Wildman–Crippen MR) is 82.7 cm³/mol. The highest BCUT2D eigenvalue weighted by atomic mass is 16.6. The van der Waals surface area contributed by atoms with Crippen molar-refractivity contribution in [1.82, 2.24) is 0 Å². The molecule has 5 heteroatoms. The Labute approximate surface area is 133 Å². The summed E-state index contributed by atoms with van der Waals surface area (Å²) >= 11 is 0. The van der Waals surface area contributed by atoms with Gasteiger partial charge >= 0.3 is 0 Å². The second-order valence-electron chi connectivity index (χ2n) is 5.50. The Balaban J connectivity index is 1.67. The molecule has 2 heterocycles. The van der Waals surface area contributed by atoms with Gasteiger partial charge in [-0.15, -0.1) is 0 Å². The molecule has 0 N–H and O–H groups in total. The van der Waals surface area contributed by atoms with E-state index in [0.29, 0.717) is 42.4 Å². The van der Waals surface area contributed by atoms with E-state index in [0.717, 1.165) is 11.3 Å². The summed E-state index contributed by atoms with van der Waals surface area (Å²) < 4.78 is 22.4. The van der Waals surface area contributed by atoms with Crippen LogP contribution in [0.25, 0.3) is 0 Å². The number of Topliss-reactive ketones (excluding diaryl/α,β-unsaturated/α-hetero) is 1. The van der Waals surface area contributed by atoms with Gasteiger partial charge in [-0.2, -0.15) is 0 Å². The third-order valence-electron chi connectivity index (χ3n) is 4.07. The molecule has 0 saturated heterocycles. The second kappa shape index (κ2) is 5.50. The maximum atomic E-state index is 12.4. The standard InChI is InChI=1S/C18H16O5/c1-20-12-3-4-13-14(19)10-16(23-17(13)9-12)11-2-5-15-18(8-11)22-7-6-21-15/h2-5,8-9,16H,6-7,10H2,1H3/t16-/m1/s1. The molecule has 2 aromatic carbocycles. The summed E-state index contributed by atoms with van der Waals surface area (Å²) in [6.07, 6.45) is -0.0307. The van der Waals surface area contributed by atoms with E-state index < -0.39 is 0 Å². The molecule has 0 saturated carbocycles. The summed E-state index contributed by atoms with van der Waals surface area (Å²) in [4.78, 5) is 12.4. The molecule has 23 heavy (non-hydrogen) atoms. The van der Waals surface area contributed by atoms with Crippen LogP contribution in [0.5, 0.6) is 23.0 Å². The lowest BCUT2D eigenvalue weighted by molar-refractivity contribution is 0.0848. The molecule has 0 radical (unpaired) electrons. The molecule has 2 aliphatic heterocycles. The normalized spacial score (nSPS) is 18.8. The first-order chi connectivity index (χ1) is 11.2. The van der Waals surface area contributed by atoms with Crippen LogP contribution in [0, 0.1) is 0 Å².